The molecule has 0 spiro atoms. The van der Waals surface area contributed by atoms with Gasteiger partial charge >= 0.3 is 0 Å². The fourth-order valence-corrected chi connectivity index (χ4v) is 5.87. The number of nitrogens with one attached hydrogen (secondary N) is 1. The molecule has 3 aromatic rings. The first-order valence-electron chi connectivity index (χ1n) is 12.0. The molecule has 1 aromatic carbocycles. The Morgan fingerprint density at radius 3 is 2.16 bits per heavy atom. The quantitative estimate of drug-likeness (QED) is 0.486. The molecule has 0 aliphatic carbocycles. The summed E-state index contributed by atoms with van der Waals surface area (Å²) in [6.07, 6.45) is 2.08. The molecule has 0 bridgehead atoms. The lowest BCUT2D eigenvalue weighted by Gasteiger charge is -2.34. The van der Waals surface area contributed by atoms with Gasteiger partial charge in [0.1, 0.15) is 23.3 Å². The largest absolute Gasteiger partial charge is 0.354 e. The lowest BCUT2D eigenvalue weighted by atomic mass is 10.3. The normalized spacial score (nSPS) is 16.9. The van der Waals surface area contributed by atoms with Crippen molar-refractivity contribution in [2.24, 2.45) is 0 Å². The number of rotatable bonds is 6. The second-order valence-corrected chi connectivity index (χ2v) is 10.9. The Morgan fingerprint density at radius 2 is 1.51 bits per heavy atom. The van der Waals surface area contributed by atoms with E-state index < -0.39 is 10.0 Å². The Bertz CT molecular complexity index is 1440. The Morgan fingerprint density at radius 1 is 0.838 bits per heavy atom. The SMILES string of the molecule is Cc1ccnc(Nc2cc(N3CCN(S(=O)(=O)c4ccc(N5C(=O)CCC5=O)cc4)CC3)nc(C)n2)c1. The number of amides is 2. The number of anilines is 4. The maximum atomic E-state index is 13.2. The van der Waals surface area contributed by atoms with Gasteiger partial charge in [0, 0.05) is 51.3 Å². The van der Waals surface area contributed by atoms with Gasteiger partial charge in [-0.3, -0.25) is 14.5 Å². The average Bonchev–Trinajstić information content (AvgIpc) is 3.21. The van der Waals surface area contributed by atoms with Crippen molar-refractivity contribution in [3.63, 3.8) is 0 Å². The van der Waals surface area contributed by atoms with Crippen LogP contribution in [-0.2, 0) is 19.6 Å². The zero-order valence-corrected chi connectivity index (χ0v) is 21.4. The molecular formula is C25H27N7O4S. The number of hydrogen-bond donors (Lipinski definition) is 1. The molecule has 12 heteroatoms. The first-order valence-corrected chi connectivity index (χ1v) is 13.4. The fourth-order valence-electron chi connectivity index (χ4n) is 4.45. The summed E-state index contributed by atoms with van der Waals surface area (Å²) in [6, 6.07) is 11.6. The number of aromatic nitrogens is 3. The summed E-state index contributed by atoms with van der Waals surface area (Å²) in [7, 11) is -3.73. The molecule has 37 heavy (non-hydrogen) atoms. The van der Waals surface area contributed by atoms with Crippen LogP contribution in [0.1, 0.15) is 24.2 Å². The number of carbonyl (C=O) groups excluding carboxylic acids is 2. The molecule has 2 amide bonds. The molecule has 0 unspecified atom stereocenters. The van der Waals surface area contributed by atoms with Crippen molar-refractivity contribution in [3.8, 4) is 0 Å². The summed E-state index contributed by atoms with van der Waals surface area (Å²) in [5.74, 6) is 2.06. The molecule has 4 heterocycles. The summed E-state index contributed by atoms with van der Waals surface area (Å²) in [4.78, 5) is 40.5. The molecule has 0 atom stereocenters. The number of nitrogens with zero attached hydrogens (tertiary/aromatic N) is 6. The number of carbonyl (C=O) groups is 2. The number of benzene rings is 1. The predicted octanol–water partition coefficient (Wildman–Crippen LogP) is 2.40. The number of hydrogen-bond acceptors (Lipinski definition) is 9. The Hall–Kier alpha value is -3.90. The second-order valence-electron chi connectivity index (χ2n) is 9.01. The fraction of sp³-hybridized carbons (Fsp3) is 0.320. The Balaban J connectivity index is 1.26. The van der Waals surface area contributed by atoms with Crippen LogP contribution in [0.5, 0.6) is 0 Å². The van der Waals surface area contributed by atoms with Crippen LogP contribution in [0.2, 0.25) is 0 Å². The van der Waals surface area contributed by atoms with Gasteiger partial charge in [-0.1, -0.05) is 0 Å². The summed E-state index contributed by atoms with van der Waals surface area (Å²) in [6.45, 7) is 5.31. The Labute approximate surface area is 215 Å². The van der Waals surface area contributed by atoms with E-state index in [0.29, 0.717) is 55.1 Å². The first-order chi connectivity index (χ1) is 17.7. The van der Waals surface area contributed by atoms with Crippen LogP contribution in [0, 0.1) is 13.8 Å². The zero-order valence-electron chi connectivity index (χ0n) is 20.6. The van der Waals surface area contributed by atoms with Crippen molar-refractivity contribution in [1.82, 2.24) is 19.3 Å². The van der Waals surface area contributed by atoms with Crippen molar-refractivity contribution in [1.29, 1.82) is 0 Å². The molecule has 2 aliphatic heterocycles. The number of pyridine rings is 1. The molecule has 2 aliphatic rings. The summed E-state index contributed by atoms with van der Waals surface area (Å²) in [5, 5.41) is 3.21. The van der Waals surface area contributed by atoms with Crippen molar-refractivity contribution >= 4 is 45.0 Å². The van der Waals surface area contributed by atoms with Crippen LogP contribution < -0.4 is 15.1 Å². The van der Waals surface area contributed by atoms with Gasteiger partial charge in [0.25, 0.3) is 0 Å². The third-order valence-corrected chi connectivity index (χ3v) is 8.26. The first kappa shape index (κ1) is 24.8. The van der Waals surface area contributed by atoms with Crippen molar-refractivity contribution in [3.05, 3.63) is 60.0 Å². The van der Waals surface area contributed by atoms with Crippen LogP contribution in [0.4, 0.5) is 23.1 Å². The maximum absolute atomic E-state index is 13.2. The van der Waals surface area contributed by atoms with E-state index in [4.69, 9.17) is 0 Å². The number of aryl methyl sites for hydroxylation is 2. The van der Waals surface area contributed by atoms with Gasteiger partial charge in [-0.05, 0) is 55.8 Å². The lowest BCUT2D eigenvalue weighted by Crippen LogP contribution is -2.49. The Kier molecular flexibility index (Phi) is 6.61. The maximum Gasteiger partial charge on any atom is 0.243 e. The van der Waals surface area contributed by atoms with Gasteiger partial charge in [-0.2, -0.15) is 4.31 Å². The summed E-state index contributed by atoms with van der Waals surface area (Å²) in [5.41, 5.74) is 1.47. The van der Waals surface area contributed by atoms with E-state index in [0.717, 1.165) is 10.5 Å². The van der Waals surface area contributed by atoms with E-state index >= 15 is 0 Å². The molecule has 192 valence electrons. The number of piperazine rings is 1. The van der Waals surface area contributed by atoms with Crippen molar-refractivity contribution in [2.75, 3.05) is 41.3 Å². The van der Waals surface area contributed by atoms with E-state index in [-0.39, 0.29) is 29.6 Å². The van der Waals surface area contributed by atoms with E-state index in [2.05, 4.69) is 20.3 Å². The highest BCUT2D eigenvalue weighted by Crippen LogP contribution is 2.27. The third kappa shape index (κ3) is 5.16. The number of imide groups is 1. The van der Waals surface area contributed by atoms with E-state index in [9.17, 15) is 18.0 Å². The van der Waals surface area contributed by atoms with Gasteiger partial charge in [0.05, 0.1) is 10.6 Å². The minimum Gasteiger partial charge on any atom is -0.354 e. The van der Waals surface area contributed by atoms with Gasteiger partial charge in [0.15, 0.2) is 0 Å². The van der Waals surface area contributed by atoms with Crippen LogP contribution in [0.15, 0.2) is 53.6 Å². The van der Waals surface area contributed by atoms with Crippen molar-refractivity contribution < 1.29 is 18.0 Å². The van der Waals surface area contributed by atoms with Gasteiger partial charge in [-0.25, -0.2) is 23.4 Å². The van der Waals surface area contributed by atoms with E-state index in [1.54, 1.807) is 6.20 Å². The smallest absolute Gasteiger partial charge is 0.243 e. The molecular weight excluding hydrogens is 494 g/mol. The highest BCUT2D eigenvalue weighted by Gasteiger charge is 2.32. The van der Waals surface area contributed by atoms with Gasteiger partial charge < -0.3 is 10.2 Å². The van der Waals surface area contributed by atoms with Crippen LogP contribution >= 0.6 is 0 Å². The number of sulfonamides is 1. The van der Waals surface area contributed by atoms with Crippen LogP contribution in [0.3, 0.4) is 0 Å². The van der Waals surface area contributed by atoms with Crippen LogP contribution in [-0.4, -0.2) is 65.7 Å². The van der Waals surface area contributed by atoms with E-state index in [1.807, 2.05) is 36.9 Å². The molecule has 2 fully saturated rings. The highest BCUT2D eigenvalue weighted by molar-refractivity contribution is 7.89. The van der Waals surface area contributed by atoms with E-state index in [1.165, 1.54) is 28.6 Å². The third-order valence-electron chi connectivity index (χ3n) is 6.34. The topological polar surface area (TPSA) is 129 Å². The van der Waals surface area contributed by atoms with Gasteiger partial charge in [0.2, 0.25) is 21.8 Å². The monoisotopic (exact) mass is 521 g/mol. The summed E-state index contributed by atoms with van der Waals surface area (Å²) >= 11 is 0. The molecule has 0 saturated carbocycles. The average molecular weight is 522 g/mol. The zero-order chi connectivity index (χ0) is 26.2. The molecule has 1 N–H and O–H groups in total. The molecule has 5 rings (SSSR count). The molecule has 0 radical (unpaired) electrons. The predicted molar refractivity (Wildman–Crippen MR) is 138 cm³/mol. The standard InChI is InChI=1S/C25H27N7O4S/c1-17-9-10-26-21(15-17)29-22-16-23(28-18(2)27-22)30-11-13-31(14-12-30)37(35,36)20-5-3-19(4-6-20)32-24(33)7-8-25(32)34/h3-6,9-10,15-16H,7-8,11-14H2,1-2H3,(H,26,27,28,29). The summed E-state index contributed by atoms with van der Waals surface area (Å²) < 4.78 is 27.9. The van der Waals surface area contributed by atoms with Gasteiger partial charge in [-0.15, -0.1) is 0 Å². The minimum atomic E-state index is -3.73. The molecule has 2 saturated heterocycles. The second kappa shape index (κ2) is 9.87. The highest BCUT2D eigenvalue weighted by atomic mass is 32.2. The lowest BCUT2D eigenvalue weighted by molar-refractivity contribution is -0.121. The van der Waals surface area contributed by atoms with Crippen molar-refractivity contribution in [2.45, 2.75) is 31.6 Å². The minimum absolute atomic E-state index is 0.124. The van der Waals surface area contributed by atoms with Crippen LogP contribution in [0.25, 0.3) is 0 Å². The molecule has 11 nitrogen and oxygen atoms in total. The molecule has 2 aromatic heterocycles.